The van der Waals surface area contributed by atoms with Crippen LogP contribution in [0.5, 0.6) is 11.5 Å². The maximum absolute atomic E-state index is 13.6. The van der Waals surface area contributed by atoms with E-state index in [2.05, 4.69) is 5.32 Å². The minimum atomic E-state index is -4.09. The quantitative estimate of drug-likeness (QED) is 0.528. The fourth-order valence-corrected chi connectivity index (χ4v) is 5.14. The molecule has 0 bridgehead atoms. The second-order valence-corrected chi connectivity index (χ2v) is 9.55. The molecule has 0 aliphatic rings. The Morgan fingerprint density at radius 3 is 2.06 bits per heavy atom. The van der Waals surface area contributed by atoms with Crippen LogP contribution < -0.4 is 19.1 Å². The zero-order chi connectivity index (χ0) is 24.2. The Hall–Kier alpha value is -3.52. The maximum atomic E-state index is 13.6. The summed E-state index contributed by atoms with van der Waals surface area (Å²) in [5.74, 6) is 0.241. The third kappa shape index (κ3) is 5.28. The summed E-state index contributed by atoms with van der Waals surface area (Å²) in [6, 6.07) is 16.8. The minimum absolute atomic E-state index is 0.0144. The van der Waals surface area contributed by atoms with Crippen LogP contribution >= 0.6 is 0 Å². The van der Waals surface area contributed by atoms with Gasteiger partial charge in [0.05, 0.1) is 24.8 Å². The Morgan fingerprint density at radius 1 is 0.879 bits per heavy atom. The molecule has 7 nitrogen and oxygen atoms in total. The van der Waals surface area contributed by atoms with Crippen molar-refractivity contribution in [2.24, 2.45) is 0 Å². The third-order valence-electron chi connectivity index (χ3n) is 5.22. The van der Waals surface area contributed by atoms with E-state index in [4.69, 9.17) is 9.47 Å². The topological polar surface area (TPSA) is 84.9 Å². The molecular weight excluding hydrogens is 440 g/mol. The molecule has 0 spiro atoms. The van der Waals surface area contributed by atoms with Crippen molar-refractivity contribution < 1.29 is 22.7 Å². The summed E-state index contributed by atoms with van der Waals surface area (Å²) < 4.78 is 38.8. The van der Waals surface area contributed by atoms with Gasteiger partial charge in [0.1, 0.15) is 6.54 Å². The molecule has 1 amide bonds. The van der Waals surface area contributed by atoms with E-state index in [1.807, 2.05) is 32.9 Å². The number of ether oxygens (including phenoxy) is 2. The Kier molecular flexibility index (Phi) is 7.28. The Balaban J connectivity index is 1.99. The number of nitrogens with zero attached hydrogens (tertiary/aromatic N) is 1. The number of anilines is 2. The van der Waals surface area contributed by atoms with Crippen molar-refractivity contribution in [2.45, 2.75) is 25.7 Å². The summed E-state index contributed by atoms with van der Waals surface area (Å²) in [5.41, 5.74) is 3.97. The summed E-state index contributed by atoms with van der Waals surface area (Å²) in [7, 11) is -1.18. The number of carbonyl (C=O) groups is 1. The first-order valence-corrected chi connectivity index (χ1v) is 11.8. The molecule has 0 radical (unpaired) electrons. The SMILES string of the molecule is COc1ccc(S(=O)(=O)N(CC(=O)Nc2c(C)cc(C)cc2C)c2ccccc2)cc1OC. The lowest BCUT2D eigenvalue weighted by atomic mass is 10.1. The highest BCUT2D eigenvalue weighted by Crippen LogP contribution is 2.32. The number of benzene rings is 3. The fraction of sp³-hybridized carbons (Fsp3) is 0.240. The monoisotopic (exact) mass is 468 g/mol. The molecule has 8 heteroatoms. The van der Waals surface area contributed by atoms with Crippen molar-refractivity contribution in [1.29, 1.82) is 0 Å². The van der Waals surface area contributed by atoms with Crippen LogP contribution in [0.3, 0.4) is 0 Å². The van der Waals surface area contributed by atoms with Gasteiger partial charge in [-0.1, -0.05) is 35.9 Å². The van der Waals surface area contributed by atoms with Crippen LogP contribution in [0.1, 0.15) is 16.7 Å². The molecule has 0 fully saturated rings. The van der Waals surface area contributed by atoms with Gasteiger partial charge in [0.25, 0.3) is 10.0 Å². The summed E-state index contributed by atoms with van der Waals surface area (Å²) in [6.07, 6.45) is 0. The second-order valence-electron chi connectivity index (χ2n) is 7.69. The van der Waals surface area contributed by atoms with Gasteiger partial charge in [-0.25, -0.2) is 8.42 Å². The smallest absolute Gasteiger partial charge is 0.264 e. The lowest BCUT2D eigenvalue weighted by molar-refractivity contribution is -0.114. The van der Waals surface area contributed by atoms with Gasteiger partial charge in [-0.2, -0.15) is 0 Å². The maximum Gasteiger partial charge on any atom is 0.264 e. The fourth-order valence-electron chi connectivity index (χ4n) is 3.70. The number of hydrogen-bond acceptors (Lipinski definition) is 5. The normalized spacial score (nSPS) is 11.1. The van der Waals surface area contributed by atoms with Crippen LogP contribution in [0, 0.1) is 20.8 Å². The molecule has 0 saturated carbocycles. The van der Waals surface area contributed by atoms with Crippen molar-refractivity contribution in [3.63, 3.8) is 0 Å². The van der Waals surface area contributed by atoms with Crippen molar-refractivity contribution in [1.82, 2.24) is 0 Å². The highest BCUT2D eigenvalue weighted by molar-refractivity contribution is 7.92. The molecule has 1 N–H and O–H groups in total. The molecule has 3 rings (SSSR count). The number of sulfonamides is 1. The average Bonchev–Trinajstić information content (AvgIpc) is 2.79. The van der Waals surface area contributed by atoms with Crippen LogP contribution in [0.2, 0.25) is 0 Å². The summed E-state index contributed by atoms with van der Waals surface area (Å²) in [6.45, 7) is 5.40. The molecule has 3 aromatic carbocycles. The summed E-state index contributed by atoms with van der Waals surface area (Å²) in [5, 5.41) is 2.88. The number of methoxy groups -OCH3 is 2. The van der Waals surface area contributed by atoms with E-state index >= 15 is 0 Å². The van der Waals surface area contributed by atoms with Crippen LogP contribution in [-0.4, -0.2) is 35.1 Å². The third-order valence-corrected chi connectivity index (χ3v) is 6.99. The first-order chi connectivity index (χ1) is 15.7. The van der Waals surface area contributed by atoms with Crippen molar-refractivity contribution in [3.05, 3.63) is 77.4 Å². The van der Waals surface area contributed by atoms with Gasteiger partial charge in [0.15, 0.2) is 11.5 Å². The molecule has 0 heterocycles. The first kappa shape index (κ1) is 24.1. The second kappa shape index (κ2) is 9.95. The lowest BCUT2D eigenvalue weighted by Crippen LogP contribution is -2.38. The van der Waals surface area contributed by atoms with Crippen LogP contribution in [0.4, 0.5) is 11.4 Å². The van der Waals surface area contributed by atoms with E-state index in [0.717, 1.165) is 21.0 Å². The molecule has 3 aromatic rings. The lowest BCUT2D eigenvalue weighted by Gasteiger charge is -2.25. The van der Waals surface area contributed by atoms with Gasteiger partial charge >= 0.3 is 0 Å². The van der Waals surface area contributed by atoms with E-state index in [1.165, 1.54) is 32.4 Å². The minimum Gasteiger partial charge on any atom is -0.493 e. The highest BCUT2D eigenvalue weighted by atomic mass is 32.2. The summed E-state index contributed by atoms with van der Waals surface area (Å²) >= 11 is 0. The molecule has 0 saturated heterocycles. The Morgan fingerprint density at radius 2 is 1.48 bits per heavy atom. The number of para-hydroxylation sites is 1. The zero-order valence-corrected chi connectivity index (χ0v) is 20.2. The van der Waals surface area contributed by atoms with Crippen LogP contribution in [-0.2, 0) is 14.8 Å². The number of aryl methyl sites for hydroxylation is 3. The molecule has 0 aliphatic carbocycles. The van der Waals surface area contributed by atoms with E-state index in [9.17, 15) is 13.2 Å². The number of rotatable bonds is 8. The number of hydrogen-bond donors (Lipinski definition) is 1. The number of amides is 1. The molecule has 0 aromatic heterocycles. The van der Waals surface area contributed by atoms with Crippen molar-refractivity contribution >= 4 is 27.3 Å². The number of nitrogens with one attached hydrogen (secondary N) is 1. The molecular formula is C25H28N2O5S. The zero-order valence-electron chi connectivity index (χ0n) is 19.4. The van der Waals surface area contributed by atoms with Crippen LogP contribution in [0.25, 0.3) is 0 Å². The van der Waals surface area contributed by atoms with E-state index < -0.39 is 22.5 Å². The van der Waals surface area contributed by atoms with E-state index in [-0.39, 0.29) is 10.6 Å². The first-order valence-electron chi connectivity index (χ1n) is 10.3. The van der Waals surface area contributed by atoms with Gasteiger partial charge in [0.2, 0.25) is 5.91 Å². The predicted molar refractivity (Wildman–Crippen MR) is 130 cm³/mol. The number of carbonyl (C=O) groups excluding carboxylic acids is 1. The largest absolute Gasteiger partial charge is 0.493 e. The molecule has 0 atom stereocenters. The van der Waals surface area contributed by atoms with Crippen molar-refractivity contribution in [2.75, 3.05) is 30.4 Å². The van der Waals surface area contributed by atoms with E-state index in [1.54, 1.807) is 30.3 Å². The molecule has 0 unspecified atom stereocenters. The van der Waals surface area contributed by atoms with Gasteiger partial charge in [-0.05, 0) is 56.2 Å². The van der Waals surface area contributed by atoms with Crippen LogP contribution in [0.15, 0.2) is 65.6 Å². The molecule has 33 heavy (non-hydrogen) atoms. The van der Waals surface area contributed by atoms with E-state index in [0.29, 0.717) is 17.1 Å². The highest BCUT2D eigenvalue weighted by Gasteiger charge is 2.28. The average molecular weight is 469 g/mol. The Bertz CT molecular complexity index is 1230. The van der Waals surface area contributed by atoms with Gasteiger partial charge in [0, 0.05) is 11.8 Å². The molecule has 174 valence electrons. The van der Waals surface area contributed by atoms with Crippen molar-refractivity contribution in [3.8, 4) is 11.5 Å². The summed E-state index contributed by atoms with van der Waals surface area (Å²) in [4.78, 5) is 13.0. The standard InChI is InChI=1S/C25H28N2O5S/c1-17-13-18(2)25(19(3)14-17)26-24(28)16-27(20-9-7-6-8-10-20)33(29,30)21-11-12-22(31-4)23(15-21)32-5/h6-15H,16H2,1-5H3,(H,26,28). The van der Waals surface area contributed by atoms with Gasteiger partial charge in [-0.3, -0.25) is 9.10 Å². The van der Waals surface area contributed by atoms with Gasteiger partial charge < -0.3 is 14.8 Å². The van der Waals surface area contributed by atoms with Gasteiger partial charge in [-0.15, -0.1) is 0 Å². The Labute approximate surface area is 195 Å². The predicted octanol–water partition coefficient (Wildman–Crippen LogP) is 4.46. The molecule has 0 aliphatic heterocycles.